The molecule has 1 atom stereocenters. The van der Waals surface area contributed by atoms with E-state index in [4.69, 9.17) is 15.0 Å². The molecule has 30 heavy (non-hydrogen) atoms. The van der Waals surface area contributed by atoms with Crippen LogP contribution in [0, 0.1) is 17.1 Å². The molecule has 0 aliphatic carbocycles. The summed E-state index contributed by atoms with van der Waals surface area (Å²) in [7, 11) is 0. The van der Waals surface area contributed by atoms with E-state index in [2.05, 4.69) is 15.2 Å². The highest BCUT2D eigenvalue weighted by molar-refractivity contribution is 5.73. The molecule has 1 aliphatic heterocycles. The van der Waals surface area contributed by atoms with Crippen LogP contribution >= 0.6 is 0 Å². The Bertz CT molecular complexity index is 1320. The molecular formula is C21H15FN6O2. The first-order valence-electron chi connectivity index (χ1n) is 9.18. The number of hydrogen-bond donors (Lipinski definition) is 1. The van der Waals surface area contributed by atoms with Crippen LogP contribution in [0.1, 0.15) is 30.0 Å². The number of nitriles is 1. The van der Waals surface area contributed by atoms with Crippen molar-refractivity contribution in [3.63, 3.8) is 0 Å². The minimum Gasteiger partial charge on any atom is -0.482 e. The molecule has 4 heterocycles. The van der Waals surface area contributed by atoms with Crippen LogP contribution in [-0.2, 0) is 6.54 Å². The molecule has 0 spiro atoms. The zero-order chi connectivity index (χ0) is 20.8. The number of hydrogen-bond acceptors (Lipinski definition) is 7. The number of aromatic nitrogens is 4. The van der Waals surface area contributed by atoms with E-state index in [0.717, 1.165) is 11.3 Å². The Labute approximate surface area is 170 Å². The lowest BCUT2D eigenvalue weighted by atomic mass is 9.99. The topological polar surface area (TPSA) is 116 Å². The van der Waals surface area contributed by atoms with Gasteiger partial charge in [0.15, 0.2) is 23.0 Å². The molecule has 1 aromatic carbocycles. The number of nitrogens with two attached hydrogens (primary N) is 1. The van der Waals surface area contributed by atoms with Gasteiger partial charge in [-0.25, -0.2) is 9.37 Å². The van der Waals surface area contributed by atoms with E-state index in [9.17, 15) is 9.65 Å². The lowest BCUT2D eigenvalue weighted by Crippen LogP contribution is -2.11. The van der Waals surface area contributed by atoms with E-state index in [1.165, 1.54) is 18.3 Å². The molecule has 1 aliphatic rings. The molecule has 0 fully saturated rings. The van der Waals surface area contributed by atoms with Crippen LogP contribution in [0.5, 0.6) is 5.75 Å². The highest BCUT2D eigenvalue weighted by Crippen LogP contribution is 2.37. The van der Waals surface area contributed by atoms with Crippen molar-refractivity contribution >= 4 is 5.82 Å². The first-order chi connectivity index (χ1) is 14.5. The molecule has 8 nitrogen and oxygen atoms in total. The molecule has 4 aromatic rings. The monoisotopic (exact) mass is 402 g/mol. The maximum atomic E-state index is 14.1. The summed E-state index contributed by atoms with van der Waals surface area (Å²) in [5, 5.41) is 17.8. The Morgan fingerprint density at radius 2 is 2.17 bits per heavy atom. The molecule has 0 saturated heterocycles. The Balaban J connectivity index is 1.81. The fourth-order valence-electron chi connectivity index (χ4n) is 3.67. The Kier molecular flexibility index (Phi) is 3.99. The van der Waals surface area contributed by atoms with Crippen molar-refractivity contribution in [2.45, 2.75) is 19.6 Å². The summed E-state index contributed by atoms with van der Waals surface area (Å²) in [6, 6.07) is 10.1. The van der Waals surface area contributed by atoms with Gasteiger partial charge < -0.3 is 15.0 Å². The van der Waals surface area contributed by atoms with Gasteiger partial charge in [0.1, 0.15) is 24.5 Å². The summed E-state index contributed by atoms with van der Waals surface area (Å²) in [5.41, 5.74) is 9.37. The summed E-state index contributed by atoms with van der Waals surface area (Å²) >= 11 is 0. The average Bonchev–Trinajstić information content (AvgIpc) is 3.36. The Morgan fingerprint density at radius 1 is 1.30 bits per heavy atom. The number of pyridine rings is 1. The molecule has 0 saturated carbocycles. The zero-order valence-electron chi connectivity index (χ0n) is 15.8. The van der Waals surface area contributed by atoms with Gasteiger partial charge in [0, 0.05) is 29.1 Å². The Morgan fingerprint density at radius 3 is 3.00 bits per heavy atom. The molecule has 9 heteroatoms. The maximum absolute atomic E-state index is 14.1. The van der Waals surface area contributed by atoms with Crippen molar-refractivity contribution in [1.82, 2.24) is 19.9 Å². The predicted octanol–water partition coefficient (Wildman–Crippen LogP) is 3.69. The molecule has 0 unspecified atom stereocenters. The van der Waals surface area contributed by atoms with Crippen LogP contribution in [0.3, 0.4) is 0 Å². The fraction of sp³-hybridized carbons (Fsp3) is 0.143. The van der Waals surface area contributed by atoms with Gasteiger partial charge in [0.25, 0.3) is 0 Å². The number of ether oxygens (including phenoxy) is 1. The van der Waals surface area contributed by atoms with Gasteiger partial charge in [-0.3, -0.25) is 4.68 Å². The molecule has 2 bridgehead atoms. The summed E-state index contributed by atoms with van der Waals surface area (Å²) in [6.07, 6.45) is 2.65. The summed E-state index contributed by atoms with van der Waals surface area (Å²) in [4.78, 5) is 4.20. The highest BCUT2D eigenvalue weighted by Gasteiger charge is 2.24. The zero-order valence-corrected chi connectivity index (χ0v) is 15.8. The van der Waals surface area contributed by atoms with Crippen LogP contribution in [0.25, 0.3) is 22.4 Å². The van der Waals surface area contributed by atoms with Crippen LogP contribution in [0.15, 0.2) is 47.2 Å². The number of benzene rings is 1. The van der Waals surface area contributed by atoms with Gasteiger partial charge in [-0.2, -0.15) is 10.4 Å². The molecule has 0 amide bonds. The number of rotatable bonds is 0. The number of nitrogens with zero attached hydrogens (tertiary/aromatic N) is 5. The van der Waals surface area contributed by atoms with Gasteiger partial charge >= 0.3 is 0 Å². The van der Waals surface area contributed by atoms with Crippen LogP contribution in [-0.4, -0.2) is 19.9 Å². The first-order valence-corrected chi connectivity index (χ1v) is 9.18. The lowest BCUT2D eigenvalue weighted by molar-refractivity contribution is 0.227. The van der Waals surface area contributed by atoms with Crippen LogP contribution in [0.2, 0.25) is 0 Å². The highest BCUT2D eigenvalue weighted by atomic mass is 19.1. The van der Waals surface area contributed by atoms with Crippen LogP contribution < -0.4 is 10.5 Å². The van der Waals surface area contributed by atoms with Gasteiger partial charge in [0.2, 0.25) is 0 Å². The van der Waals surface area contributed by atoms with E-state index in [0.29, 0.717) is 28.2 Å². The minimum atomic E-state index is -0.532. The minimum absolute atomic E-state index is 0.129. The Hall–Kier alpha value is -4.19. The summed E-state index contributed by atoms with van der Waals surface area (Å²) in [5.74, 6) is 0.562. The van der Waals surface area contributed by atoms with Crippen LogP contribution in [0.4, 0.5) is 10.2 Å². The predicted molar refractivity (Wildman–Crippen MR) is 105 cm³/mol. The average molecular weight is 402 g/mol. The fourth-order valence-corrected chi connectivity index (χ4v) is 3.67. The molecular weight excluding hydrogens is 387 g/mol. The van der Waals surface area contributed by atoms with Crippen molar-refractivity contribution < 1.29 is 13.7 Å². The third kappa shape index (κ3) is 2.78. The van der Waals surface area contributed by atoms with Gasteiger partial charge in [-0.1, -0.05) is 5.16 Å². The summed E-state index contributed by atoms with van der Waals surface area (Å²) in [6.45, 7) is 2.03. The maximum Gasteiger partial charge on any atom is 0.191 e. The lowest BCUT2D eigenvalue weighted by Gasteiger charge is -2.21. The number of anilines is 1. The molecule has 5 rings (SSSR count). The second kappa shape index (κ2) is 6.70. The van der Waals surface area contributed by atoms with E-state index in [1.807, 2.05) is 19.1 Å². The molecule has 148 valence electrons. The second-order valence-electron chi connectivity index (χ2n) is 6.91. The van der Waals surface area contributed by atoms with Crippen molar-refractivity contribution in [2.24, 2.45) is 0 Å². The van der Waals surface area contributed by atoms with E-state index < -0.39 is 6.10 Å². The quantitative estimate of drug-likeness (QED) is 0.477. The molecule has 0 radical (unpaired) electrons. The van der Waals surface area contributed by atoms with Crippen molar-refractivity contribution in [1.29, 1.82) is 5.26 Å². The summed E-state index contributed by atoms with van der Waals surface area (Å²) < 4.78 is 27.4. The van der Waals surface area contributed by atoms with E-state index in [-0.39, 0.29) is 23.9 Å². The van der Waals surface area contributed by atoms with Gasteiger partial charge in [0.05, 0.1) is 11.3 Å². The number of halogens is 1. The molecule has 2 N–H and O–H groups in total. The van der Waals surface area contributed by atoms with E-state index in [1.54, 1.807) is 23.0 Å². The SMILES string of the molecule is C[C@H]1Oc2cc(cnc2N)-c2c(C#N)noc2Cn2nccc2-c2ccc(F)cc21. The van der Waals surface area contributed by atoms with Crippen molar-refractivity contribution in [3.05, 3.63) is 65.6 Å². The largest absolute Gasteiger partial charge is 0.482 e. The van der Waals surface area contributed by atoms with Gasteiger partial charge in [-0.05, 0) is 37.3 Å². The van der Waals surface area contributed by atoms with Gasteiger partial charge in [-0.15, -0.1) is 0 Å². The third-order valence-corrected chi connectivity index (χ3v) is 5.08. The number of fused-ring (bicyclic) bond motifs is 7. The molecule has 3 aromatic heterocycles. The number of nitrogen functional groups attached to an aromatic ring is 1. The normalized spacial score (nSPS) is 14.9. The van der Waals surface area contributed by atoms with E-state index >= 15 is 0 Å². The van der Waals surface area contributed by atoms with Crippen molar-refractivity contribution in [3.8, 4) is 34.2 Å². The first kappa shape index (κ1) is 17.9. The van der Waals surface area contributed by atoms with Crippen molar-refractivity contribution in [2.75, 3.05) is 5.73 Å². The standard InChI is InChI=1S/C21H15FN6O2/c1-11-15-7-13(22)2-3-14(15)17-4-5-26-28(17)10-19-20(16(8-23)27-30-19)12-6-18(29-11)21(24)25-9-12/h2-7,9,11H,10H2,1H3,(H2,24,25)/t11-/m1/s1. The second-order valence-corrected chi connectivity index (χ2v) is 6.91. The third-order valence-electron chi connectivity index (χ3n) is 5.08. The smallest absolute Gasteiger partial charge is 0.191 e.